The molecule has 0 N–H and O–H groups in total. The normalized spacial score (nSPS) is 13.6. The zero-order valence-corrected chi connectivity index (χ0v) is 12.5. The van der Waals surface area contributed by atoms with Crippen LogP contribution in [0, 0.1) is 6.92 Å². The van der Waals surface area contributed by atoms with Crippen molar-refractivity contribution in [2.75, 3.05) is 18.6 Å². The number of aryl methyl sites for hydroxylation is 1. The van der Waals surface area contributed by atoms with Gasteiger partial charge < -0.3 is 14.2 Å². The van der Waals surface area contributed by atoms with E-state index in [-0.39, 0.29) is 17.6 Å². The number of hydrogen-bond donors (Lipinski definition) is 0. The van der Waals surface area contributed by atoms with Gasteiger partial charge in [-0.05, 0) is 37.5 Å². The lowest BCUT2D eigenvalue weighted by Crippen LogP contribution is -2.36. The van der Waals surface area contributed by atoms with Crippen LogP contribution in [0.3, 0.4) is 0 Å². The number of methoxy groups -OCH3 is 1. The molecule has 0 aliphatic carbocycles. The minimum Gasteiger partial charge on any atom is -0.465 e. The fourth-order valence-electron chi connectivity index (χ4n) is 2.74. The number of rotatable bonds is 2. The number of amides is 1. The molecule has 2 aromatic rings. The van der Waals surface area contributed by atoms with Crippen LogP contribution in [0.5, 0.6) is 0 Å². The van der Waals surface area contributed by atoms with E-state index < -0.39 is 0 Å². The first-order valence-corrected chi connectivity index (χ1v) is 7.07. The van der Waals surface area contributed by atoms with E-state index in [1.54, 1.807) is 30.0 Å². The number of esters is 1. The Kier molecular flexibility index (Phi) is 3.66. The van der Waals surface area contributed by atoms with Crippen molar-refractivity contribution < 1.29 is 18.8 Å². The molecule has 0 radical (unpaired) electrons. The Bertz CT molecular complexity index is 735. The molecular formula is C16H16N2O4. The van der Waals surface area contributed by atoms with Gasteiger partial charge in [0.25, 0.3) is 5.91 Å². The van der Waals surface area contributed by atoms with Crippen molar-refractivity contribution in [1.82, 2.24) is 5.16 Å². The topological polar surface area (TPSA) is 72.6 Å². The monoisotopic (exact) mass is 300 g/mol. The second-order valence-corrected chi connectivity index (χ2v) is 5.18. The van der Waals surface area contributed by atoms with E-state index in [0.717, 1.165) is 24.1 Å². The van der Waals surface area contributed by atoms with Crippen molar-refractivity contribution in [3.63, 3.8) is 0 Å². The average Bonchev–Trinajstić information content (AvgIpc) is 2.98. The summed E-state index contributed by atoms with van der Waals surface area (Å²) in [7, 11) is 1.35. The SMILES string of the molecule is COC(=O)c1cccc2c1CCCN2C(=O)c1cc(C)on1. The third-order valence-corrected chi connectivity index (χ3v) is 3.75. The molecule has 22 heavy (non-hydrogen) atoms. The predicted molar refractivity (Wildman–Crippen MR) is 79.0 cm³/mol. The number of ether oxygens (including phenoxy) is 1. The maximum atomic E-state index is 12.6. The Hall–Kier alpha value is -2.63. The van der Waals surface area contributed by atoms with E-state index in [1.807, 2.05) is 6.07 Å². The van der Waals surface area contributed by atoms with Crippen LogP contribution in [0.4, 0.5) is 5.69 Å². The molecule has 2 heterocycles. The highest BCUT2D eigenvalue weighted by Gasteiger charge is 2.28. The van der Waals surface area contributed by atoms with E-state index >= 15 is 0 Å². The number of carbonyl (C=O) groups is 2. The quantitative estimate of drug-likeness (QED) is 0.796. The highest BCUT2D eigenvalue weighted by atomic mass is 16.5. The van der Waals surface area contributed by atoms with Gasteiger partial charge in [-0.2, -0.15) is 0 Å². The second kappa shape index (κ2) is 5.63. The molecule has 1 aliphatic heterocycles. The molecule has 6 heteroatoms. The lowest BCUT2D eigenvalue weighted by Gasteiger charge is -2.29. The van der Waals surface area contributed by atoms with Gasteiger partial charge in [-0.15, -0.1) is 0 Å². The van der Waals surface area contributed by atoms with Crippen molar-refractivity contribution in [3.05, 3.63) is 46.8 Å². The Morgan fingerprint density at radius 3 is 2.86 bits per heavy atom. The fraction of sp³-hybridized carbons (Fsp3) is 0.312. The lowest BCUT2D eigenvalue weighted by atomic mass is 9.96. The van der Waals surface area contributed by atoms with E-state index in [4.69, 9.17) is 9.26 Å². The van der Waals surface area contributed by atoms with Crippen LogP contribution < -0.4 is 4.90 Å². The Balaban J connectivity index is 2.01. The summed E-state index contributed by atoms with van der Waals surface area (Å²) in [6, 6.07) is 6.93. The Labute approximate surface area is 127 Å². The minimum absolute atomic E-state index is 0.222. The summed E-state index contributed by atoms with van der Waals surface area (Å²) in [6.45, 7) is 2.33. The molecule has 0 saturated carbocycles. The van der Waals surface area contributed by atoms with Crippen LogP contribution >= 0.6 is 0 Å². The van der Waals surface area contributed by atoms with E-state index in [0.29, 0.717) is 17.9 Å². The van der Waals surface area contributed by atoms with Crippen LogP contribution in [0.2, 0.25) is 0 Å². The zero-order valence-electron chi connectivity index (χ0n) is 12.5. The third kappa shape index (κ3) is 2.36. The molecule has 0 unspecified atom stereocenters. The van der Waals surface area contributed by atoms with Gasteiger partial charge in [-0.25, -0.2) is 4.79 Å². The summed E-state index contributed by atoms with van der Waals surface area (Å²) in [4.78, 5) is 26.1. The molecule has 1 aromatic carbocycles. The van der Waals surface area contributed by atoms with Crippen molar-refractivity contribution in [2.45, 2.75) is 19.8 Å². The molecule has 1 aromatic heterocycles. The standard InChI is InChI=1S/C16H16N2O4/c1-10-9-13(17-22-10)15(19)18-8-4-6-11-12(16(20)21-2)5-3-7-14(11)18/h3,5,7,9H,4,6,8H2,1-2H3. The summed E-state index contributed by atoms with van der Waals surface area (Å²) < 4.78 is 9.79. The highest BCUT2D eigenvalue weighted by Crippen LogP contribution is 2.31. The van der Waals surface area contributed by atoms with Gasteiger partial charge in [0.15, 0.2) is 5.69 Å². The molecule has 0 bridgehead atoms. The summed E-state index contributed by atoms with van der Waals surface area (Å²) in [5.74, 6) is -0.0212. The first-order chi connectivity index (χ1) is 10.6. The molecule has 0 saturated heterocycles. The molecule has 114 valence electrons. The van der Waals surface area contributed by atoms with Crippen molar-refractivity contribution in [3.8, 4) is 0 Å². The van der Waals surface area contributed by atoms with Crippen molar-refractivity contribution >= 4 is 17.6 Å². The summed E-state index contributed by atoms with van der Waals surface area (Å²) in [6.07, 6.45) is 1.52. The van der Waals surface area contributed by atoms with Crippen LogP contribution in [-0.2, 0) is 11.2 Å². The lowest BCUT2D eigenvalue weighted by molar-refractivity contribution is 0.0599. The molecule has 0 spiro atoms. The maximum Gasteiger partial charge on any atom is 0.338 e. The van der Waals surface area contributed by atoms with Crippen molar-refractivity contribution in [1.29, 1.82) is 0 Å². The van der Waals surface area contributed by atoms with Gasteiger partial charge >= 0.3 is 5.97 Å². The van der Waals surface area contributed by atoms with Gasteiger partial charge in [0.05, 0.1) is 12.7 Å². The highest BCUT2D eigenvalue weighted by molar-refractivity contribution is 6.06. The number of carbonyl (C=O) groups excluding carboxylic acids is 2. The summed E-state index contributed by atoms with van der Waals surface area (Å²) in [5, 5.41) is 3.78. The molecular weight excluding hydrogens is 284 g/mol. The third-order valence-electron chi connectivity index (χ3n) is 3.75. The van der Waals surface area contributed by atoms with Crippen molar-refractivity contribution in [2.24, 2.45) is 0 Å². The molecule has 1 aliphatic rings. The Morgan fingerprint density at radius 1 is 1.36 bits per heavy atom. The van der Waals surface area contributed by atoms with Gasteiger partial charge in [0.1, 0.15) is 5.76 Å². The molecule has 0 fully saturated rings. The predicted octanol–water partition coefficient (Wildman–Crippen LogP) is 2.36. The minimum atomic E-state index is -0.386. The average molecular weight is 300 g/mol. The van der Waals surface area contributed by atoms with Crippen LogP contribution in [0.25, 0.3) is 0 Å². The molecule has 3 rings (SSSR count). The largest absolute Gasteiger partial charge is 0.465 e. The van der Waals surface area contributed by atoms with E-state index in [2.05, 4.69) is 5.16 Å². The van der Waals surface area contributed by atoms with Gasteiger partial charge in [-0.1, -0.05) is 11.2 Å². The zero-order chi connectivity index (χ0) is 15.7. The van der Waals surface area contributed by atoms with Gasteiger partial charge in [0.2, 0.25) is 0 Å². The Morgan fingerprint density at radius 2 is 2.18 bits per heavy atom. The molecule has 6 nitrogen and oxygen atoms in total. The number of nitrogens with zero attached hydrogens (tertiary/aromatic N) is 2. The number of fused-ring (bicyclic) bond motifs is 1. The number of benzene rings is 1. The fourth-order valence-corrected chi connectivity index (χ4v) is 2.74. The maximum absolute atomic E-state index is 12.6. The molecule has 0 atom stereocenters. The second-order valence-electron chi connectivity index (χ2n) is 5.18. The summed E-state index contributed by atoms with van der Waals surface area (Å²) in [5.41, 5.74) is 2.36. The van der Waals surface area contributed by atoms with E-state index in [1.165, 1.54) is 7.11 Å². The van der Waals surface area contributed by atoms with Gasteiger partial charge in [0, 0.05) is 18.3 Å². The van der Waals surface area contributed by atoms with Crippen LogP contribution in [0.1, 0.15) is 38.6 Å². The smallest absolute Gasteiger partial charge is 0.338 e. The van der Waals surface area contributed by atoms with Gasteiger partial charge in [-0.3, -0.25) is 4.79 Å². The van der Waals surface area contributed by atoms with E-state index in [9.17, 15) is 9.59 Å². The number of hydrogen-bond acceptors (Lipinski definition) is 5. The first-order valence-electron chi connectivity index (χ1n) is 7.07. The first kappa shape index (κ1) is 14.3. The van der Waals surface area contributed by atoms with Crippen LogP contribution in [0.15, 0.2) is 28.8 Å². The number of anilines is 1. The summed E-state index contributed by atoms with van der Waals surface area (Å²) >= 11 is 0. The number of aromatic nitrogens is 1. The molecule has 1 amide bonds. The van der Waals surface area contributed by atoms with Crippen LogP contribution in [-0.4, -0.2) is 30.7 Å².